The predicted molar refractivity (Wildman–Crippen MR) is 102 cm³/mol. The minimum absolute atomic E-state index is 0.138. The van der Waals surface area contributed by atoms with E-state index in [1.54, 1.807) is 24.3 Å². The van der Waals surface area contributed by atoms with Crippen molar-refractivity contribution in [1.29, 1.82) is 0 Å². The number of anilines is 3. The van der Waals surface area contributed by atoms with Gasteiger partial charge in [0.2, 0.25) is 0 Å². The van der Waals surface area contributed by atoms with Gasteiger partial charge in [0, 0.05) is 17.6 Å². The molecule has 2 amide bonds. The third-order valence-corrected chi connectivity index (χ3v) is 3.95. The van der Waals surface area contributed by atoms with Gasteiger partial charge in [0.25, 0.3) is 0 Å². The van der Waals surface area contributed by atoms with Crippen molar-refractivity contribution in [3.05, 3.63) is 66.2 Å². The van der Waals surface area contributed by atoms with Crippen LogP contribution < -0.4 is 26.6 Å². The average molecular weight is 355 g/mol. The molecule has 4 N–H and O–H groups in total. The second-order valence-electron chi connectivity index (χ2n) is 5.97. The van der Waals surface area contributed by atoms with E-state index in [1.807, 2.05) is 23.3 Å². The summed E-state index contributed by atoms with van der Waals surface area (Å²) in [5.74, 6) is -0.476. The van der Waals surface area contributed by atoms with Gasteiger partial charge in [-0.3, -0.25) is 5.01 Å². The lowest BCUT2D eigenvalue weighted by molar-refractivity contribution is 0.262. The van der Waals surface area contributed by atoms with Crippen LogP contribution in [0.3, 0.4) is 0 Å². The lowest BCUT2D eigenvalue weighted by Gasteiger charge is -2.15. The van der Waals surface area contributed by atoms with Crippen LogP contribution in [0.5, 0.6) is 0 Å². The molecule has 0 spiro atoms. The Kier molecular flexibility index (Phi) is 5.70. The minimum atomic E-state index is -0.495. The zero-order valence-electron chi connectivity index (χ0n) is 14.6. The molecule has 26 heavy (non-hydrogen) atoms. The molecule has 0 saturated carbocycles. The third-order valence-electron chi connectivity index (χ3n) is 3.95. The van der Waals surface area contributed by atoms with Crippen molar-refractivity contribution < 1.29 is 9.18 Å². The van der Waals surface area contributed by atoms with E-state index in [0.29, 0.717) is 5.69 Å². The summed E-state index contributed by atoms with van der Waals surface area (Å²) in [7, 11) is 0. The molecule has 1 heterocycles. The summed E-state index contributed by atoms with van der Waals surface area (Å²) >= 11 is 0. The van der Waals surface area contributed by atoms with Gasteiger partial charge in [-0.25, -0.2) is 9.18 Å². The molecule has 0 fully saturated rings. The maximum Gasteiger partial charge on any atom is 0.323 e. The normalized spacial score (nSPS) is 13.2. The largest absolute Gasteiger partial charge is 0.323 e. The first kappa shape index (κ1) is 17.8. The second-order valence-corrected chi connectivity index (χ2v) is 5.97. The smallest absolute Gasteiger partial charge is 0.308 e. The van der Waals surface area contributed by atoms with Crippen LogP contribution in [0.2, 0.25) is 0 Å². The minimum Gasteiger partial charge on any atom is -0.308 e. The van der Waals surface area contributed by atoms with Crippen LogP contribution in [0.25, 0.3) is 0 Å². The highest BCUT2D eigenvalue weighted by Gasteiger charge is 2.12. The summed E-state index contributed by atoms with van der Waals surface area (Å²) in [4.78, 5) is 12.0. The lowest BCUT2D eigenvalue weighted by atomic mass is 10.2. The maximum absolute atomic E-state index is 13.6. The molecule has 0 unspecified atom stereocenters. The Bertz CT molecular complexity index is 791. The van der Waals surface area contributed by atoms with Crippen molar-refractivity contribution in [3.8, 4) is 0 Å². The predicted octanol–water partition coefficient (Wildman–Crippen LogP) is 4.33. The summed E-state index contributed by atoms with van der Waals surface area (Å²) < 4.78 is 13.6. The highest BCUT2D eigenvalue weighted by atomic mass is 19.1. The van der Waals surface area contributed by atoms with E-state index in [2.05, 4.69) is 28.5 Å². The quantitative estimate of drug-likeness (QED) is 0.623. The lowest BCUT2D eigenvalue weighted by Crippen LogP contribution is -2.36. The van der Waals surface area contributed by atoms with Crippen LogP contribution in [-0.2, 0) is 0 Å². The molecule has 0 radical (unpaired) electrons. The number of carbonyl (C=O) groups is 1. The second kappa shape index (κ2) is 8.35. The van der Waals surface area contributed by atoms with E-state index in [9.17, 15) is 9.18 Å². The van der Waals surface area contributed by atoms with Gasteiger partial charge in [-0.15, -0.1) is 5.53 Å². The molecule has 2 aromatic carbocycles. The van der Waals surface area contributed by atoms with Crippen LogP contribution in [0.15, 0.2) is 60.4 Å². The van der Waals surface area contributed by atoms with Gasteiger partial charge in [0.15, 0.2) is 0 Å². The summed E-state index contributed by atoms with van der Waals surface area (Å²) in [5.41, 5.74) is 9.05. The first-order valence-corrected chi connectivity index (χ1v) is 8.60. The molecular formula is C19H22FN5O. The van der Waals surface area contributed by atoms with Crippen LogP contribution in [0, 0.1) is 5.82 Å². The van der Waals surface area contributed by atoms with Gasteiger partial charge in [-0.2, -0.15) is 0 Å². The monoisotopic (exact) mass is 355 g/mol. The van der Waals surface area contributed by atoms with E-state index in [4.69, 9.17) is 0 Å². The number of benzene rings is 2. The fourth-order valence-corrected chi connectivity index (χ4v) is 2.54. The first-order valence-electron chi connectivity index (χ1n) is 8.60. The van der Waals surface area contributed by atoms with E-state index in [0.717, 1.165) is 30.6 Å². The molecule has 3 rings (SSSR count). The third kappa shape index (κ3) is 4.52. The van der Waals surface area contributed by atoms with Crippen LogP contribution >= 0.6 is 0 Å². The van der Waals surface area contributed by atoms with Crippen LogP contribution in [0.1, 0.15) is 26.2 Å². The van der Waals surface area contributed by atoms with Crippen LogP contribution in [0.4, 0.5) is 26.2 Å². The number of para-hydroxylation sites is 1. The van der Waals surface area contributed by atoms with Crippen LogP contribution in [-0.4, -0.2) is 6.03 Å². The van der Waals surface area contributed by atoms with Crippen molar-refractivity contribution in [2.45, 2.75) is 26.2 Å². The Hall–Kier alpha value is -3.06. The highest BCUT2D eigenvalue weighted by Crippen LogP contribution is 2.20. The van der Waals surface area contributed by atoms with E-state index >= 15 is 0 Å². The summed E-state index contributed by atoms with van der Waals surface area (Å²) in [6.45, 7) is 2.16. The molecule has 0 bridgehead atoms. The number of amides is 2. The Morgan fingerprint density at radius 3 is 2.62 bits per heavy atom. The van der Waals surface area contributed by atoms with Crippen molar-refractivity contribution >= 4 is 23.1 Å². The zero-order valence-corrected chi connectivity index (χ0v) is 14.6. The molecule has 6 nitrogen and oxygen atoms in total. The van der Waals surface area contributed by atoms with Gasteiger partial charge < -0.3 is 16.1 Å². The first-order chi connectivity index (χ1) is 12.7. The molecule has 1 aliphatic rings. The maximum atomic E-state index is 13.6. The fourth-order valence-electron chi connectivity index (χ4n) is 2.54. The van der Waals surface area contributed by atoms with Crippen molar-refractivity contribution in [3.63, 3.8) is 0 Å². The number of hydrazine groups is 2. The molecule has 1 aliphatic heterocycles. The molecule has 0 aromatic heterocycles. The molecule has 0 saturated heterocycles. The molecule has 7 heteroatoms. The average Bonchev–Trinajstić information content (AvgIpc) is 3.11. The van der Waals surface area contributed by atoms with Gasteiger partial charge >= 0.3 is 6.03 Å². The van der Waals surface area contributed by atoms with Crippen molar-refractivity contribution in [1.82, 2.24) is 11.0 Å². The topological polar surface area (TPSA) is 68.4 Å². The number of hydrogen-bond donors (Lipinski definition) is 4. The van der Waals surface area contributed by atoms with Crippen molar-refractivity contribution in [2.75, 3.05) is 15.6 Å². The Labute approximate surface area is 152 Å². The van der Waals surface area contributed by atoms with Gasteiger partial charge in [-0.05, 0) is 49.2 Å². The number of carbonyl (C=O) groups excluding carboxylic acids is 1. The van der Waals surface area contributed by atoms with Gasteiger partial charge in [0.1, 0.15) is 5.82 Å². The number of hydrogen-bond acceptors (Lipinski definition) is 4. The number of urea groups is 1. The van der Waals surface area contributed by atoms with E-state index < -0.39 is 11.8 Å². The SMILES string of the molecule is CCCCC1=CN(c2ccc(NC(=O)Nc3ccccc3F)cc2)NN1. The van der Waals surface area contributed by atoms with Crippen molar-refractivity contribution in [2.24, 2.45) is 0 Å². The standard InChI is InChI=1S/C19H22FN5O/c1-2-3-6-15-13-25(24-23-15)16-11-9-14(10-12-16)21-19(26)22-18-8-5-4-7-17(18)20/h4-5,7-13,23-24H,2-3,6H2,1H3,(H2,21,22,26). The Balaban J connectivity index is 1.57. The number of allylic oxidation sites excluding steroid dienone is 1. The molecule has 2 aromatic rings. The summed E-state index contributed by atoms with van der Waals surface area (Å²) in [6.07, 6.45) is 5.29. The number of halogens is 1. The van der Waals surface area contributed by atoms with Gasteiger partial charge in [-0.1, -0.05) is 25.5 Å². The molecular weight excluding hydrogens is 333 g/mol. The van der Waals surface area contributed by atoms with E-state index in [-0.39, 0.29) is 5.69 Å². The summed E-state index contributed by atoms with van der Waals surface area (Å²) in [5, 5.41) is 7.05. The Morgan fingerprint density at radius 2 is 1.88 bits per heavy atom. The summed E-state index contributed by atoms with van der Waals surface area (Å²) in [6, 6.07) is 12.9. The fraction of sp³-hybridized carbons (Fsp3) is 0.211. The number of unbranched alkanes of at least 4 members (excludes halogenated alkanes) is 1. The highest BCUT2D eigenvalue weighted by molar-refractivity contribution is 5.99. The van der Waals surface area contributed by atoms with E-state index in [1.165, 1.54) is 12.1 Å². The molecule has 136 valence electrons. The number of nitrogens with zero attached hydrogens (tertiary/aromatic N) is 1. The molecule has 0 aliphatic carbocycles. The zero-order chi connectivity index (χ0) is 18.4. The number of nitrogens with one attached hydrogen (secondary N) is 4. The van der Waals surface area contributed by atoms with Gasteiger partial charge in [0.05, 0.1) is 11.4 Å². The Morgan fingerprint density at radius 1 is 1.12 bits per heavy atom. The molecule has 0 atom stereocenters. The number of rotatable bonds is 6.